The summed E-state index contributed by atoms with van der Waals surface area (Å²) in [5.41, 5.74) is -0.405. The van der Waals surface area contributed by atoms with Crippen molar-refractivity contribution in [3.05, 3.63) is 34.2 Å². The topological polar surface area (TPSA) is 90.5 Å². The number of nitrogens with zero attached hydrogens (tertiary/aromatic N) is 1. The lowest BCUT2D eigenvalue weighted by Crippen LogP contribution is -2.53. The fourth-order valence-corrected chi connectivity index (χ4v) is 1.56. The minimum Gasteiger partial charge on any atom is -0.481 e. The third-order valence-corrected chi connectivity index (χ3v) is 2.57. The Kier molecular flexibility index (Phi) is 2.47. The molecule has 16 heavy (non-hydrogen) atoms. The predicted molar refractivity (Wildman–Crippen MR) is 54.1 cm³/mol. The number of amides is 1. The second-order valence-electron chi connectivity index (χ2n) is 3.66. The molecule has 0 unspecified atom stereocenters. The van der Waals surface area contributed by atoms with Crippen LogP contribution in [0.25, 0.3) is 0 Å². The van der Waals surface area contributed by atoms with E-state index in [-0.39, 0.29) is 18.7 Å². The van der Waals surface area contributed by atoms with Crippen molar-refractivity contribution in [2.24, 2.45) is 5.92 Å². The van der Waals surface area contributed by atoms with E-state index < -0.39 is 23.4 Å². The van der Waals surface area contributed by atoms with Gasteiger partial charge in [0.25, 0.3) is 11.5 Å². The molecule has 0 bridgehead atoms. The number of carboxylic acids is 1. The molecule has 1 fully saturated rings. The molecule has 6 nitrogen and oxygen atoms in total. The Morgan fingerprint density at radius 2 is 2.12 bits per heavy atom. The molecule has 1 aliphatic rings. The highest BCUT2D eigenvalue weighted by Crippen LogP contribution is 2.17. The van der Waals surface area contributed by atoms with Gasteiger partial charge < -0.3 is 15.0 Å². The number of hydrogen-bond acceptors (Lipinski definition) is 3. The number of hydrogen-bond donors (Lipinski definition) is 2. The SMILES string of the molecule is O=C(O)C1CN(C(=O)c2ccc[nH]c2=O)C1. The molecule has 0 saturated carbocycles. The van der Waals surface area contributed by atoms with Gasteiger partial charge in [-0.15, -0.1) is 0 Å². The molecule has 6 heteroatoms. The van der Waals surface area contributed by atoms with Gasteiger partial charge in [0.05, 0.1) is 5.92 Å². The van der Waals surface area contributed by atoms with Gasteiger partial charge in [0.2, 0.25) is 0 Å². The summed E-state index contributed by atoms with van der Waals surface area (Å²) < 4.78 is 0. The van der Waals surface area contributed by atoms with Gasteiger partial charge in [-0.25, -0.2) is 0 Å². The number of H-pyrrole nitrogens is 1. The number of aliphatic carboxylic acids is 1. The van der Waals surface area contributed by atoms with Crippen molar-refractivity contribution in [1.82, 2.24) is 9.88 Å². The van der Waals surface area contributed by atoms with Gasteiger partial charge in [-0.3, -0.25) is 14.4 Å². The van der Waals surface area contributed by atoms with Crippen molar-refractivity contribution < 1.29 is 14.7 Å². The van der Waals surface area contributed by atoms with Crippen molar-refractivity contribution in [1.29, 1.82) is 0 Å². The molecule has 1 amide bonds. The maximum Gasteiger partial charge on any atom is 0.310 e. The quantitative estimate of drug-likeness (QED) is 0.707. The summed E-state index contributed by atoms with van der Waals surface area (Å²) in [6.07, 6.45) is 1.44. The van der Waals surface area contributed by atoms with Gasteiger partial charge in [0.15, 0.2) is 0 Å². The van der Waals surface area contributed by atoms with Crippen LogP contribution in [0, 0.1) is 5.92 Å². The van der Waals surface area contributed by atoms with E-state index in [1.54, 1.807) is 6.07 Å². The van der Waals surface area contributed by atoms with Crippen LogP contribution in [0.2, 0.25) is 0 Å². The Balaban J connectivity index is 2.09. The molecule has 2 rings (SSSR count). The van der Waals surface area contributed by atoms with Crippen molar-refractivity contribution in [2.45, 2.75) is 0 Å². The van der Waals surface area contributed by atoms with Crippen LogP contribution in [0.4, 0.5) is 0 Å². The monoisotopic (exact) mass is 222 g/mol. The van der Waals surface area contributed by atoms with E-state index in [1.807, 2.05) is 0 Å². The number of aromatic amines is 1. The van der Waals surface area contributed by atoms with Crippen LogP contribution in [0.3, 0.4) is 0 Å². The first-order valence-corrected chi connectivity index (χ1v) is 4.79. The van der Waals surface area contributed by atoms with Crippen LogP contribution in [-0.4, -0.2) is 40.0 Å². The van der Waals surface area contributed by atoms with E-state index in [0.29, 0.717) is 0 Å². The van der Waals surface area contributed by atoms with Crippen LogP contribution in [0.1, 0.15) is 10.4 Å². The Morgan fingerprint density at radius 3 is 2.69 bits per heavy atom. The van der Waals surface area contributed by atoms with Gasteiger partial charge in [-0.05, 0) is 12.1 Å². The van der Waals surface area contributed by atoms with Crippen LogP contribution in [0.5, 0.6) is 0 Å². The molecule has 1 aromatic heterocycles. The number of pyridine rings is 1. The Labute approximate surface area is 90.5 Å². The molecule has 0 atom stereocenters. The average molecular weight is 222 g/mol. The van der Waals surface area contributed by atoms with Gasteiger partial charge in [0.1, 0.15) is 5.56 Å². The molecular formula is C10H10N2O4. The molecule has 1 aromatic rings. The highest BCUT2D eigenvalue weighted by molar-refractivity contribution is 5.95. The molecular weight excluding hydrogens is 212 g/mol. The lowest BCUT2D eigenvalue weighted by Gasteiger charge is -2.36. The highest BCUT2D eigenvalue weighted by Gasteiger charge is 2.36. The molecule has 1 aliphatic heterocycles. The Hall–Kier alpha value is -2.11. The number of nitrogens with one attached hydrogen (secondary N) is 1. The summed E-state index contributed by atoms with van der Waals surface area (Å²) in [5, 5.41) is 8.65. The fraction of sp³-hybridized carbons (Fsp3) is 0.300. The summed E-state index contributed by atoms with van der Waals surface area (Å²) in [7, 11) is 0. The summed E-state index contributed by atoms with van der Waals surface area (Å²) >= 11 is 0. The van der Waals surface area contributed by atoms with Crippen LogP contribution >= 0.6 is 0 Å². The Morgan fingerprint density at radius 1 is 1.44 bits per heavy atom. The number of rotatable bonds is 2. The van der Waals surface area contributed by atoms with Gasteiger partial charge in [-0.1, -0.05) is 0 Å². The van der Waals surface area contributed by atoms with E-state index in [4.69, 9.17) is 5.11 Å². The molecule has 0 aliphatic carbocycles. The van der Waals surface area contributed by atoms with Crippen LogP contribution in [-0.2, 0) is 4.79 Å². The normalized spacial score (nSPS) is 15.6. The van der Waals surface area contributed by atoms with Gasteiger partial charge >= 0.3 is 5.97 Å². The van der Waals surface area contributed by atoms with E-state index >= 15 is 0 Å². The zero-order valence-electron chi connectivity index (χ0n) is 8.34. The summed E-state index contributed by atoms with van der Waals surface area (Å²) in [6.45, 7) is 0.338. The van der Waals surface area contributed by atoms with E-state index in [0.717, 1.165) is 0 Å². The zero-order chi connectivity index (χ0) is 11.7. The lowest BCUT2D eigenvalue weighted by atomic mass is 9.99. The second kappa shape index (κ2) is 3.80. The largest absolute Gasteiger partial charge is 0.481 e. The second-order valence-corrected chi connectivity index (χ2v) is 3.66. The molecule has 0 radical (unpaired) electrons. The van der Waals surface area contributed by atoms with E-state index in [2.05, 4.69) is 4.98 Å². The average Bonchev–Trinajstić information content (AvgIpc) is 2.15. The number of carboxylic acid groups (broad SMARTS) is 1. The first kappa shape index (κ1) is 10.4. The molecule has 2 N–H and O–H groups in total. The number of carbonyl (C=O) groups is 2. The minimum absolute atomic E-state index is 0.0475. The molecule has 0 aromatic carbocycles. The summed E-state index contributed by atoms with van der Waals surface area (Å²) in [5.74, 6) is -1.84. The fourth-order valence-electron chi connectivity index (χ4n) is 1.56. The lowest BCUT2D eigenvalue weighted by molar-refractivity contribution is -0.146. The molecule has 0 spiro atoms. The van der Waals surface area contributed by atoms with Crippen molar-refractivity contribution in [2.75, 3.05) is 13.1 Å². The first-order chi connectivity index (χ1) is 7.59. The maximum atomic E-state index is 11.7. The maximum absolute atomic E-state index is 11.7. The smallest absolute Gasteiger partial charge is 0.310 e. The third kappa shape index (κ3) is 1.69. The van der Waals surface area contributed by atoms with Crippen molar-refractivity contribution in [3.63, 3.8) is 0 Å². The first-order valence-electron chi connectivity index (χ1n) is 4.79. The number of aromatic nitrogens is 1. The highest BCUT2D eigenvalue weighted by atomic mass is 16.4. The van der Waals surface area contributed by atoms with E-state index in [9.17, 15) is 14.4 Å². The van der Waals surface area contributed by atoms with Crippen molar-refractivity contribution >= 4 is 11.9 Å². The summed E-state index contributed by atoms with van der Waals surface area (Å²) in [4.78, 5) is 37.3. The van der Waals surface area contributed by atoms with Crippen LogP contribution < -0.4 is 5.56 Å². The predicted octanol–water partition coefficient (Wildman–Crippen LogP) is -0.468. The Bertz CT molecular complexity index is 488. The van der Waals surface area contributed by atoms with Gasteiger partial charge in [-0.2, -0.15) is 0 Å². The molecule has 2 heterocycles. The van der Waals surface area contributed by atoms with Gasteiger partial charge in [0, 0.05) is 19.3 Å². The minimum atomic E-state index is -0.911. The zero-order valence-corrected chi connectivity index (χ0v) is 8.34. The molecule has 84 valence electrons. The van der Waals surface area contributed by atoms with E-state index in [1.165, 1.54) is 17.2 Å². The van der Waals surface area contributed by atoms with Crippen LogP contribution in [0.15, 0.2) is 23.1 Å². The summed E-state index contributed by atoms with van der Waals surface area (Å²) in [6, 6.07) is 2.98. The molecule has 1 saturated heterocycles. The van der Waals surface area contributed by atoms with Crippen molar-refractivity contribution in [3.8, 4) is 0 Å². The number of carbonyl (C=O) groups excluding carboxylic acids is 1. The third-order valence-electron chi connectivity index (χ3n) is 2.57. The number of likely N-dealkylation sites (tertiary alicyclic amines) is 1. The standard InChI is InChI=1S/C10H10N2O4/c13-8-7(2-1-3-11-8)9(14)12-4-6(5-12)10(15)16/h1-3,6H,4-5H2,(H,11,13)(H,15,16).